The monoisotopic (exact) mass is 577 g/mol. The van der Waals surface area contributed by atoms with Crippen molar-refractivity contribution < 1.29 is 18.0 Å². The average molecular weight is 578 g/mol. The molecule has 0 saturated heterocycles. The second-order valence-corrected chi connectivity index (χ2v) is 12.7. The van der Waals surface area contributed by atoms with Crippen molar-refractivity contribution in [3.8, 4) is 0 Å². The molecule has 0 fully saturated rings. The first-order valence-corrected chi connectivity index (χ1v) is 16.1. The highest BCUT2D eigenvalue weighted by molar-refractivity contribution is 7.92. The van der Waals surface area contributed by atoms with Gasteiger partial charge in [0, 0.05) is 32.0 Å². The largest absolute Gasteiger partial charge is 0.352 e. The summed E-state index contributed by atoms with van der Waals surface area (Å²) >= 11 is 0. The first-order valence-electron chi connectivity index (χ1n) is 14.2. The summed E-state index contributed by atoms with van der Waals surface area (Å²) in [5, 5.41) is 3.00. The first-order chi connectivity index (χ1) is 19.5. The minimum atomic E-state index is -3.55. The van der Waals surface area contributed by atoms with Gasteiger partial charge < -0.3 is 10.2 Å². The van der Waals surface area contributed by atoms with Crippen molar-refractivity contribution in [2.45, 2.75) is 72.0 Å². The Morgan fingerprint density at radius 3 is 2.02 bits per heavy atom. The number of benzene rings is 3. The maximum absolute atomic E-state index is 13.9. The molecule has 0 radical (unpaired) electrons. The van der Waals surface area contributed by atoms with Crippen LogP contribution in [0.3, 0.4) is 0 Å². The van der Waals surface area contributed by atoms with Gasteiger partial charge in [-0.25, -0.2) is 8.42 Å². The van der Waals surface area contributed by atoms with E-state index >= 15 is 0 Å². The fraction of sp³-hybridized carbons (Fsp3) is 0.394. The van der Waals surface area contributed by atoms with Crippen molar-refractivity contribution in [3.05, 3.63) is 101 Å². The molecule has 3 rings (SSSR count). The van der Waals surface area contributed by atoms with Gasteiger partial charge in [-0.1, -0.05) is 79.2 Å². The number of hydrogen-bond acceptors (Lipinski definition) is 4. The lowest BCUT2D eigenvalue weighted by Crippen LogP contribution is -2.51. The van der Waals surface area contributed by atoms with Gasteiger partial charge in [0.25, 0.3) is 0 Å². The standard InChI is InChI=1S/C33H43N3O4S/c1-6-27-18-20-30(21-19-27)36(41(5,39)40)22-10-13-32(37)35(24-29-16-14-26(4)15-17-29)31(33(38)34-25(2)3)23-28-11-8-7-9-12-28/h7-9,11-12,14-21,25,31H,6,10,13,22-24H2,1-5H3,(H,34,38)/t31-/m1/s1. The predicted octanol–water partition coefficient (Wildman–Crippen LogP) is 5.27. The summed E-state index contributed by atoms with van der Waals surface area (Å²) in [5.74, 6) is -0.404. The lowest BCUT2D eigenvalue weighted by Gasteiger charge is -2.32. The summed E-state index contributed by atoms with van der Waals surface area (Å²) in [6.07, 6.45) is 2.83. The Kier molecular flexibility index (Phi) is 11.5. The Balaban J connectivity index is 1.86. The van der Waals surface area contributed by atoms with Crippen LogP contribution in [0, 0.1) is 6.92 Å². The average Bonchev–Trinajstić information content (AvgIpc) is 2.93. The summed E-state index contributed by atoms with van der Waals surface area (Å²) in [5.41, 5.74) is 4.68. The molecule has 8 heteroatoms. The molecule has 0 aromatic heterocycles. The minimum Gasteiger partial charge on any atom is -0.352 e. The van der Waals surface area contributed by atoms with Gasteiger partial charge in [0.15, 0.2) is 0 Å². The summed E-state index contributed by atoms with van der Waals surface area (Å²) in [6.45, 7) is 8.29. The second kappa shape index (κ2) is 14.8. The lowest BCUT2D eigenvalue weighted by molar-refractivity contribution is -0.141. The molecule has 3 aromatic carbocycles. The number of amides is 2. The van der Waals surface area contributed by atoms with Crippen LogP contribution in [0.5, 0.6) is 0 Å². The van der Waals surface area contributed by atoms with Crippen LogP contribution in [0.4, 0.5) is 5.69 Å². The number of sulfonamides is 1. The van der Waals surface area contributed by atoms with Crippen LogP contribution in [0.25, 0.3) is 0 Å². The molecule has 7 nitrogen and oxygen atoms in total. The van der Waals surface area contributed by atoms with Gasteiger partial charge in [0.1, 0.15) is 6.04 Å². The number of carbonyl (C=O) groups excluding carboxylic acids is 2. The van der Waals surface area contributed by atoms with E-state index in [9.17, 15) is 18.0 Å². The van der Waals surface area contributed by atoms with E-state index in [0.29, 0.717) is 18.5 Å². The maximum Gasteiger partial charge on any atom is 0.243 e. The smallest absolute Gasteiger partial charge is 0.243 e. The third-order valence-electron chi connectivity index (χ3n) is 6.96. The van der Waals surface area contributed by atoms with Gasteiger partial charge in [-0.15, -0.1) is 0 Å². The highest BCUT2D eigenvalue weighted by Crippen LogP contribution is 2.21. The zero-order valence-corrected chi connectivity index (χ0v) is 25.7. The van der Waals surface area contributed by atoms with Gasteiger partial charge in [-0.2, -0.15) is 0 Å². The first kappa shape index (κ1) is 31.9. The zero-order chi connectivity index (χ0) is 30.0. The Morgan fingerprint density at radius 2 is 1.46 bits per heavy atom. The van der Waals surface area contributed by atoms with E-state index in [-0.39, 0.29) is 37.4 Å². The second-order valence-electron chi connectivity index (χ2n) is 10.8. The molecule has 3 aromatic rings. The Morgan fingerprint density at radius 1 is 0.854 bits per heavy atom. The third-order valence-corrected chi connectivity index (χ3v) is 8.15. The van der Waals surface area contributed by atoms with Crippen LogP contribution in [0.15, 0.2) is 78.9 Å². The van der Waals surface area contributed by atoms with E-state index in [4.69, 9.17) is 0 Å². The topological polar surface area (TPSA) is 86.8 Å². The normalized spacial score (nSPS) is 12.1. The number of aryl methyl sites for hydroxylation is 2. The Labute approximate surface area is 245 Å². The van der Waals surface area contributed by atoms with Crippen molar-refractivity contribution >= 4 is 27.5 Å². The quantitative estimate of drug-likeness (QED) is 0.283. The Bertz CT molecular complexity index is 1370. The molecule has 0 aliphatic rings. The van der Waals surface area contributed by atoms with Gasteiger partial charge in [-0.05, 0) is 62.4 Å². The molecule has 0 spiro atoms. The predicted molar refractivity (Wildman–Crippen MR) is 166 cm³/mol. The van der Waals surface area contributed by atoms with E-state index in [2.05, 4.69) is 5.32 Å². The van der Waals surface area contributed by atoms with E-state index < -0.39 is 16.1 Å². The fourth-order valence-corrected chi connectivity index (χ4v) is 5.69. The molecule has 1 N–H and O–H groups in total. The molecule has 0 aliphatic heterocycles. The third kappa shape index (κ3) is 9.74. The number of carbonyl (C=O) groups is 2. The Hall–Kier alpha value is -3.65. The molecule has 0 bridgehead atoms. The molecule has 41 heavy (non-hydrogen) atoms. The summed E-state index contributed by atoms with van der Waals surface area (Å²) < 4.78 is 26.6. The van der Waals surface area contributed by atoms with E-state index in [1.54, 1.807) is 17.0 Å². The van der Waals surface area contributed by atoms with E-state index in [1.807, 2.05) is 94.4 Å². The molecule has 0 heterocycles. The highest BCUT2D eigenvalue weighted by Gasteiger charge is 2.31. The van der Waals surface area contributed by atoms with Crippen molar-refractivity contribution in [2.75, 3.05) is 17.1 Å². The fourth-order valence-electron chi connectivity index (χ4n) is 4.73. The van der Waals surface area contributed by atoms with Crippen molar-refractivity contribution in [1.29, 1.82) is 0 Å². The van der Waals surface area contributed by atoms with E-state index in [0.717, 1.165) is 28.7 Å². The summed E-state index contributed by atoms with van der Waals surface area (Å²) in [4.78, 5) is 29.0. The molecule has 220 valence electrons. The molecular weight excluding hydrogens is 534 g/mol. The molecule has 2 amide bonds. The van der Waals surface area contributed by atoms with Crippen LogP contribution < -0.4 is 9.62 Å². The van der Waals surface area contributed by atoms with Crippen LogP contribution >= 0.6 is 0 Å². The van der Waals surface area contributed by atoms with Crippen molar-refractivity contribution in [1.82, 2.24) is 10.2 Å². The zero-order valence-electron chi connectivity index (χ0n) is 24.8. The summed E-state index contributed by atoms with van der Waals surface area (Å²) in [7, 11) is -3.55. The number of anilines is 1. The number of nitrogens with one attached hydrogen (secondary N) is 1. The SMILES string of the molecule is CCc1ccc(N(CCCC(=O)N(Cc2ccc(C)cc2)[C@H](Cc2ccccc2)C(=O)NC(C)C)S(C)(=O)=O)cc1. The lowest BCUT2D eigenvalue weighted by atomic mass is 10.0. The maximum atomic E-state index is 13.9. The minimum absolute atomic E-state index is 0.0838. The van der Waals surface area contributed by atoms with Crippen LogP contribution in [0.1, 0.15) is 55.9 Å². The van der Waals surface area contributed by atoms with Crippen LogP contribution in [-0.2, 0) is 39.0 Å². The molecule has 0 saturated carbocycles. The van der Waals surface area contributed by atoms with Crippen LogP contribution in [-0.4, -0.2) is 50.0 Å². The van der Waals surface area contributed by atoms with Gasteiger partial charge in [-0.3, -0.25) is 13.9 Å². The number of nitrogens with zero attached hydrogens (tertiary/aromatic N) is 2. The molecular formula is C33H43N3O4S. The van der Waals surface area contributed by atoms with E-state index in [1.165, 1.54) is 10.6 Å². The van der Waals surface area contributed by atoms with Gasteiger partial charge in [0.05, 0.1) is 11.9 Å². The van der Waals surface area contributed by atoms with Crippen molar-refractivity contribution in [3.63, 3.8) is 0 Å². The number of rotatable bonds is 14. The van der Waals surface area contributed by atoms with Crippen molar-refractivity contribution in [2.24, 2.45) is 0 Å². The molecule has 0 unspecified atom stereocenters. The number of hydrogen-bond donors (Lipinski definition) is 1. The van der Waals surface area contributed by atoms with Gasteiger partial charge in [0.2, 0.25) is 21.8 Å². The molecule has 0 aliphatic carbocycles. The molecule has 1 atom stereocenters. The van der Waals surface area contributed by atoms with Gasteiger partial charge >= 0.3 is 0 Å². The highest BCUT2D eigenvalue weighted by atomic mass is 32.2. The van der Waals surface area contributed by atoms with Crippen LogP contribution in [0.2, 0.25) is 0 Å². The summed E-state index contributed by atoms with van der Waals surface area (Å²) in [6, 6.07) is 24.3.